The van der Waals surface area contributed by atoms with Crippen molar-refractivity contribution in [2.45, 2.75) is 19.4 Å². The molecule has 0 fully saturated rings. The number of benzene rings is 1. The first-order chi connectivity index (χ1) is 8.79. The molecule has 4 nitrogen and oxygen atoms in total. The summed E-state index contributed by atoms with van der Waals surface area (Å²) in [5.74, 6) is 1.37. The minimum absolute atomic E-state index is 0.162. The lowest BCUT2D eigenvalue weighted by molar-refractivity contribution is 0.318. The van der Waals surface area contributed by atoms with Gasteiger partial charge >= 0.3 is 0 Å². The Balaban J connectivity index is 2.42. The lowest BCUT2D eigenvalue weighted by atomic mass is 10.1. The van der Waals surface area contributed by atoms with Gasteiger partial charge in [0.15, 0.2) is 5.84 Å². The molecule has 5 heteroatoms. The van der Waals surface area contributed by atoms with Crippen molar-refractivity contribution >= 4 is 17.6 Å². The van der Waals surface area contributed by atoms with Crippen molar-refractivity contribution < 1.29 is 5.21 Å². The number of nitrogens with one attached hydrogen (secondary N) is 1. The van der Waals surface area contributed by atoms with Crippen LogP contribution in [-0.4, -0.2) is 29.6 Å². The van der Waals surface area contributed by atoms with Crippen molar-refractivity contribution in [3.8, 4) is 0 Å². The predicted molar refractivity (Wildman–Crippen MR) is 78.3 cm³/mol. The Morgan fingerprint density at radius 2 is 2.17 bits per heavy atom. The van der Waals surface area contributed by atoms with Gasteiger partial charge in [0.25, 0.3) is 0 Å². The molecule has 0 bridgehead atoms. The van der Waals surface area contributed by atoms with Gasteiger partial charge in [-0.05, 0) is 37.0 Å². The molecule has 0 atom stereocenters. The highest BCUT2D eigenvalue weighted by Gasteiger charge is 2.05. The molecule has 0 saturated heterocycles. The lowest BCUT2D eigenvalue weighted by Crippen LogP contribution is -2.20. The summed E-state index contributed by atoms with van der Waals surface area (Å²) in [6, 6.07) is 7.69. The smallest absolute Gasteiger partial charge is 0.170 e. The molecule has 0 saturated carbocycles. The fourth-order valence-electron chi connectivity index (χ4n) is 1.70. The third-order valence-corrected chi connectivity index (χ3v) is 3.37. The Hall–Kier alpha value is -1.20. The molecule has 0 aromatic heterocycles. The molecule has 0 unspecified atom stereocenters. The first-order valence-electron chi connectivity index (χ1n) is 6.05. The molecule has 4 N–H and O–H groups in total. The molecule has 1 aromatic rings. The zero-order valence-corrected chi connectivity index (χ0v) is 11.5. The van der Waals surface area contributed by atoms with E-state index < -0.39 is 0 Å². The number of thioether (sulfide) groups is 1. The topological polar surface area (TPSA) is 70.6 Å². The molecule has 1 aromatic carbocycles. The number of nitrogens with zero attached hydrogens (tertiary/aromatic N) is 1. The summed E-state index contributed by atoms with van der Waals surface area (Å²) < 4.78 is 0. The molecule has 18 heavy (non-hydrogen) atoms. The molecule has 0 radical (unpaired) electrons. The van der Waals surface area contributed by atoms with E-state index in [2.05, 4.69) is 16.7 Å². The van der Waals surface area contributed by atoms with Crippen LogP contribution in [0.2, 0.25) is 0 Å². The summed E-state index contributed by atoms with van der Waals surface area (Å²) in [5, 5.41) is 15.2. The summed E-state index contributed by atoms with van der Waals surface area (Å²) >= 11 is 1.88. The number of oxime groups is 1. The second-order valence-electron chi connectivity index (χ2n) is 4.02. The molecule has 1 rings (SSSR count). The first kappa shape index (κ1) is 14.9. The third-order valence-electron chi connectivity index (χ3n) is 2.67. The maximum absolute atomic E-state index is 8.72. The monoisotopic (exact) mass is 267 g/mol. The van der Waals surface area contributed by atoms with Crippen molar-refractivity contribution in [1.29, 1.82) is 0 Å². The summed E-state index contributed by atoms with van der Waals surface area (Å²) in [6.45, 7) is 1.73. The molecule has 0 aliphatic carbocycles. The van der Waals surface area contributed by atoms with Crippen molar-refractivity contribution in [2.24, 2.45) is 10.9 Å². The van der Waals surface area contributed by atoms with Crippen LogP contribution in [0, 0.1) is 0 Å². The standard InChI is InChI=1S/C13H21N3OS/c1-18-9-5-4-8-15-10-11-6-2-3-7-12(11)13(14)16-17/h2-3,6-7,15,17H,4-5,8-10H2,1H3,(H2,14,16). The van der Waals surface area contributed by atoms with E-state index in [1.165, 1.54) is 18.6 Å². The number of hydrogen-bond acceptors (Lipinski definition) is 4. The molecule has 0 aliphatic rings. The summed E-state index contributed by atoms with van der Waals surface area (Å²) in [4.78, 5) is 0. The van der Waals surface area contributed by atoms with Crippen LogP contribution >= 0.6 is 11.8 Å². The molecule has 0 heterocycles. The van der Waals surface area contributed by atoms with Gasteiger partial charge in [0.2, 0.25) is 0 Å². The van der Waals surface area contributed by atoms with Crippen molar-refractivity contribution in [2.75, 3.05) is 18.6 Å². The number of amidine groups is 1. The minimum atomic E-state index is 0.162. The fraction of sp³-hybridized carbons (Fsp3) is 0.462. The molecule has 0 aliphatic heterocycles. The van der Waals surface area contributed by atoms with Gasteiger partial charge in [-0.2, -0.15) is 11.8 Å². The highest BCUT2D eigenvalue weighted by Crippen LogP contribution is 2.08. The second kappa shape index (κ2) is 8.83. The highest BCUT2D eigenvalue weighted by molar-refractivity contribution is 7.98. The molecule has 0 amide bonds. The second-order valence-corrected chi connectivity index (χ2v) is 5.00. The SMILES string of the molecule is CSCCCCNCc1ccccc1/C(N)=N/O. The van der Waals surface area contributed by atoms with Gasteiger partial charge in [0.05, 0.1) is 0 Å². The van der Waals surface area contributed by atoms with Crippen LogP contribution < -0.4 is 11.1 Å². The average molecular weight is 267 g/mol. The fourth-order valence-corrected chi connectivity index (χ4v) is 2.19. The Bertz CT molecular complexity index is 382. The first-order valence-corrected chi connectivity index (χ1v) is 7.44. The number of nitrogens with two attached hydrogens (primary N) is 1. The highest BCUT2D eigenvalue weighted by atomic mass is 32.2. The Morgan fingerprint density at radius 3 is 2.89 bits per heavy atom. The summed E-state index contributed by atoms with van der Waals surface area (Å²) in [5.41, 5.74) is 7.48. The normalized spacial score (nSPS) is 11.7. The maximum Gasteiger partial charge on any atom is 0.170 e. The van der Waals surface area contributed by atoms with Gasteiger partial charge in [0.1, 0.15) is 0 Å². The largest absolute Gasteiger partial charge is 0.409 e. The Morgan fingerprint density at radius 1 is 1.39 bits per heavy atom. The average Bonchev–Trinajstić information content (AvgIpc) is 2.42. The van der Waals surface area contributed by atoms with Crippen LogP contribution in [0.1, 0.15) is 24.0 Å². The van der Waals surface area contributed by atoms with E-state index in [1.807, 2.05) is 36.0 Å². The van der Waals surface area contributed by atoms with E-state index in [1.54, 1.807) is 0 Å². The van der Waals surface area contributed by atoms with Gasteiger partial charge in [-0.15, -0.1) is 0 Å². The zero-order chi connectivity index (χ0) is 13.2. The number of unbranched alkanes of at least 4 members (excludes halogenated alkanes) is 1. The van der Waals surface area contributed by atoms with Crippen molar-refractivity contribution in [3.05, 3.63) is 35.4 Å². The van der Waals surface area contributed by atoms with Crippen LogP contribution in [0.25, 0.3) is 0 Å². The number of hydrogen-bond donors (Lipinski definition) is 3. The van der Waals surface area contributed by atoms with E-state index in [9.17, 15) is 0 Å². The van der Waals surface area contributed by atoms with Gasteiger partial charge in [0, 0.05) is 12.1 Å². The Kier molecular flexibility index (Phi) is 7.29. The third kappa shape index (κ3) is 4.98. The molecular weight excluding hydrogens is 246 g/mol. The van der Waals surface area contributed by atoms with Crippen molar-refractivity contribution in [3.63, 3.8) is 0 Å². The summed E-state index contributed by atoms with van der Waals surface area (Å²) in [6.07, 6.45) is 4.53. The Labute approximate surface area is 113 Å². The number of rotatable bonds is 8. The predicted octanol–water partition coefficient (Wildman–Crippen LogP) is 2.01. The van der Waals surface area contributed by atoms with E-state index >= 15 is 0 Å². The van der Waals surface area contributed by atoms with Crippen LogP contribution in [0.5, 0.6) is 0 Å². The maximum atomic E-state index is 8.72. The van der Waals surface area contributed by atoms with Crippen LogP contribution in [0.15, 0.2) is 29.4 Å². The van der Waals surface area contributed by atoms with E-state index in [0.29, 0.717) is 0 Å². The lowest BCUT2D eigenvalue weighted by Gasteiger charge is -2.09. The quantitative estimate of drug-likeness (QED) is 0.221. The van der Waals surface area contributed by atoms with Crippen LogP contribution in [0.3, 0.4) is 0 Å². The van der Waals surface area contributed by atoms with E-state index in [4.69, 9.17) is 10.9 Å². The molecule has 0 spiro atoms. The van der Waals surface area contributed by atoms with Gasteiger partial charge < -0.3 is 16.3 Å². The van der Waals surface area contributed by atoms with Gasteiger partial charge in [-0.25, -0.2) is 0 Å². The molecular formula is C13H21N3OS. The van der Waals surface area contributed by atoms with Crippen LogP contribution in [0.4, 0.5) is 0 Å². The molecule has 100 valence electrons. The van der Waals surface area contributed by atoms with Gasteiger partial charge in [-0.1, -0.05) is 29.4 Å². The van der Waals surface area contributed by atoms with Gasteiger partial charge in [-0.3, -0.25) is 0 Å². The van der Waals surface area contributed by atoms with E-state index in [-0.39, 0.29) is 5.84 Å². The van der Waals surface area contributed by atoms with Crippen molar-refractivity contribution in [1.82, 2.24) is 5.32 Å². The van der Waals surface area contributed by atoms with Crippen LogP contribution in [-0.2, 0) is 6.54 Å². The van der Waals surface area contributed by atoms with E-state index in [0.717, 1.165) is 24.2 Å². The minimum Gasteiger partial charge on any atom is -0.409 e. The summed E-state index contributed by atoms with van der Waals surface area (Å²) in [7, 11) is 0. The zero-order valence-electron chi connectivity index (χ0n) is 10.7.